The second kappa shape index (κ2) is 7.77. The van der Waals surface area contributed by atoms with Crippen molar-refractivity contribution in [2.75, 3.05) is 0 Å². The number of benzene rings is 1. The van der Waals surface area contributed by atoms with Gasteiger partial charge in [-0.25, -0.2) is 8.78 Å². The number of halogens is 2. The van der Waals surface area contributed by atoms with E-state index in [1.54, 1.807) is 6.07 Å². The van der Waals surface area contributed by atoms with Gasteiger partial charge in [0.1, 0.15) is 0 Å². The van der Waals surface area contributed by atoms with Crippen LogP contribution < -0.4 is 0 Å². The van der Waals surface area contributed by atoms with Crippen LogP contribution in [-0.2, 0) is 0 Å². The van der Waals surface area contributed by atoms with E-state index in [0.29, 0.717) is 5.92 Å². The summed E-state index contributed by atoms with van der Waals surface area (Å²) in [5.41, 5.74) is 0.994. The van der Waals surface area contributed by atoms with E-state index in [0.717, 1.165) is 36.2 Å². The van der Waals surface area contributed by atoms with Crippen LogP contribution in [0.5, 0.6) is 0 Å². The summed E-state index contributed by atoms with van der Waals surface area (Å²) in [4.78, 5) is 0. The Morgan fingerprint density at radius 2 is 1.48 bits per heavy atom. The van der Waals surface area contributed by atoms with Crippen molar-refractivity contribution < 1.29 is 11.6 Å². The van der Waals surface area contributed by atoms with Gasteiger partial charge in [0.05, 0.1) is 0 Å². The van der Waals surface area contributed by atoms with Gasteiger partial charge in [-0.15, -0.1) is 0 Å². The van der Waals surface area contributed by atoms with Gasteiger partial charge in [-0.2, -0.15) is 0 Å². The summed E-state index contributed by atoms with van der Waals surface area (Å²) < 4.78 is 26.5. The molecule has 2 fully saturated rings. The number of hydrogen-bond donors (Lipinski definition) is 0. The maximum atomic E-state index is 13.4. The summed E-state index contributed by atoms with van der Waals surface area (Å²) in [6.45, 7) is 2.30. The van der Waals surface area contributed by atoms with Gasteiger partial charge in [0.15, 0.2) is 11.6 Å². The van der Waals surface area contributed by atoms with E-state index in [-0.39, 0.29) is 2.85 Å². The predicted octanol–water partition coefficient (Wildman–Crippen LogP) is 7.34. The summed E-state index contributed by atoms with van der Waals surface area (Å²) in [6.07, 6.45) is 13.3. The lowest BCUT2D eigenvalue weighted by Gasteiger charge is -2.38. The van der Waals surface area contributed by atoms with Gasteiger partial charge in [-0.3, -0.25) is 0 Å². The molecule has 2 aliphatic carbocycles. The normalized spacial score (nSPS) is 32.0. The van der Waals surface area contributed by atoms with Crippen LogP contribution in [0.25, 0.3) is 0 Å². The summed E-state index contributed by atoms with van der Waals surface area (Å²) in [5.74, 6) is 1.78. The summed E-state index contributed by atoms with van der Waals surface area (Å²) in [7, 11) is 0. The van der Waals surface area contributed by atoms with Crippen molar-refractivity contribution in [3.05, 3.63) is 35.4 Å². The van der Waals surface area contributed by atoms with Crippen molar-refractivity contribution in [2.45, 2.75) is 77.0 Å². The van der Waals surface area contributed by atoms with Gasteiger partial charge in [-0.1, -0.05) is 38.7 Å². The lowest BCUT2D eigenvalue weighted by atomic mass is 9.68. The van der Waals surface area contributed by atoms with E-state index in [4.69, 9.17) is 0 Å². The molecule has 0 aromatic heterocycles. The second-order valence-electron chi connectivity index (χ2n) is 7.85. The first-order valence-corrected chi connectivity index (χ1v) is 9.62. The topological polar surface area (TPSA) is 0 Å². The monoisotopic (exact) mass is 324 g/mol. The molecular weight excluding hydrogens is 290 g/mol. The van der Waals surface area contributed by atoms with Crippen LogP contribution in [0.3, 0.4) is 0 Å². The van der Waals surface area contributed by atoms with Gasteiger partial charge >= 0.3 is 0 Å². The highest BCUT2D eigenvalue weighted by Gasteiger charge is 2.31. The minimum atomic E-state index is -0.730. The summed E-state index contributed by atoms with van der Waals surface area (Å²) >= 11 is 0. The zero-order chi connectivity index (χ0) is 16.2. The van der Waals surface area contributed by atoms with E-state index in [2.05, 4.69) is 6.92 Å². The molecule has 0 bridgehead atoms. The van der Waals surface area contributed by atoms with Crippen molar-refractivity contribution >= 4 is 0 Å². The third-order valence-electron chi connectivity index (χ3n) is 6.44. The molecule has 0 spiro atoms. The molecule has 0 amide bonds. The predicted molar refractivity (Wildman–Crippen MR) is 95.6 cm³/mol. The Morgan fingerprint density at radius 3 is 2.04 bits per heavy atom. The summed E-state index contributed by atoms with van der Waals surface area (Å²) in [5, 5.41) is 0. The SMILES string of the molecule is CCCC1CCC(C2CCC(c3ccc(F)c(F)c3)CC2)CC1.[HH].[HH]. The van der Waals surface area contributed by atoms with Gasteiger partial charge in [-0.05, 0) is 79.9 Å². The van der Waals surface area contributed by atoms with Gasteiger partial charge in [0, 0.05) is 2.85 Å². The molecule has 0 nitrogen and oxygen atoms in total. The fourth-order valence-corrected chi connectivity index (χ4v) is 5.05. The standard InChI is InChI=1S/C21H30F2.2H2/c1-2-3-15-4-6-16(7-5-15)17-8-10-18(11-9-17)19-12-13-20(22)21(23)14-19;;/h12-18H,2-11H2,1H3;2*1H. The van der Waals surface area contributed by atoms with Crippen molar-refractivity contribution in [1.29, 1.82) is 0 Å². The highest BCUT2D eigenvalue weighted by molar-refractivity contribution is 5.22. The molecule has 2 heteroatoms. The van der Waals surface area contributed by atoms with Crippen molar-refractivity contribution in [3.8, 4) is 0 Å². The smallest absolute Gasteiger partial charge is 0.159 e. The number of hydrogen-bond acceptors (Lipinski definition) is 0. The molecule has 0 unspecified atom stereocenters. The Bertz CT molecular complexity index is 505. The van der Waals surface area contributed by atoms with Crippen LogP contribution >= 0.6 is 0 Å². The minimum Gasteiger partial charge on any atom is -0.204 e. The Labute approximate surface area is 142 Å². The Kier molecular flexibility index (Phi) is 5.71. The average Bonchev–Trinajstić information content (AvgIpc) is 2.59. The quantitative estimate of drug-likeness (QED) is 0.543. The third kappa shape index (κ3) is 4.14. The Balaban J connectivity index is 0.00000156. The van der Waals surface area contributed by atoms with E-state index < -0.39 is 11.6 Å². The Hall–Kier alpha value is -0.920. The molecule has 0 aliphatic heterocycles. The molecule has 3 rings (SSSR count). The molecule has 23 heavy (non-hydrogen) atoms. The van der Waals surface area contributed by atoms with Crippen LogP contribution in [0.1, 0.15) is 85.5 Å². The molecule has 2 aliphatic rings. The zero-order valence-corrected chi connectivity index (χ0v) is 14.4. The first-order valence-electron chi connectivity index (χ1n) is 9.62. The molecule has 0 heterocycles. The van der Waals surface area contributed by atoms with Crippen LogP contribution in [-0.4, -0.2) is 0 Å². The largest absolute Gasteiger partial charge is 0.204 e. The highest BCUT2D eigenvalue weighted by Crippen LogP contribution is 2.44. The van der Waals surface area contributed by atoms with Crippen LogP contribution in [0.4, 0.5) is 8.78 Å². The van der Waals surface area contributed by atoms with Crippen LogP contribution in [0.15, 0.2) is 18.2 Å². The summed E-state index contributed by atoms with van der Waals surface area (Å²) in [6, 6.07) is 4.47. The molecule has 1 aromatic rings. The van der Waals surface area contributed by atoms with Gasteiger partial charge < -0.3 is 0 Å². The second-order valence-corrected chi connectivity index (χ2v) is 7.85. The van der Waals surface area contributed by atoms with Crippen LogP contribution in [0, 0.1) is 29.4 Å². The molecule has 2 saturated carbocycles. The van der Waals surface area contributed by atoms with E-state index >= 15 is 0 Å². The minimum absolute atomic E-state index is 0. The fraction of sp³-hybridized carbons (Fsp3) is 0.714. The van der Waals surface area contributed by atoms with Crippen molar-refractivity contribution in [3.63, 3.8) is 0 Å². The fourth-order valence-electron chi connectivity index (χ4n) is 5.05. The van der Waals surface area contributed by atoms with Gasteiger partial charge in [0.25, 0.3) is 0 Å². The van der Waals surface area contributed by atoms with E-state index in [9.17, 15) is 8.78 Å². The first-order chi connectivity index (χ1) is 11.2. The first kappa shape index (κ1) is 16.9. The zero-order valence-electron chi connectivity index (χ0n) is 14.4. The maximum Gasteiger partial charge on any atom is 0.159 e. The van der Waals surface area contributed by atoms with Gasteiger partial charge in [0.2, 0.25) is 0 Å². The van der Waals surface area contributed by atoms with E-state index in [1.807, 2.05) is 0 Å². The lowest BCUT2D eigenvalue weighted by Crippen LogP contribution is -2.25. The van der Waals surface area contributed by atoms with E-state index in [1.165, 1.54) is 63.5 Å². The molecule has 132 valence electrons. The lowest BCUT2D eigenvalue weighted by molar-refractivity contribution is 0.156. The molecule has 0 N–H and O–H groups in total. The molecule has 0 saturated heterocycles. The third-order valence-corrected chi connectivity index (χ3v) is 6.44. The average molecular weight is 324 g/mol. The van der Waals surface area contributed by atoms with Crippen molar-refractivity contribution in [2.24, 2.45) is 17.8 Å². The van der Waals surface area contributed by atoms with Crippen molar-refractivity contribution in [1.82, 2.24) is 0 Å². The maximum absolute atomic E-state index is 13.4. The molecule has 0 radical (unpaired) electrons. The Morgan fingerprint density at radius 1 is 0.870 bits per heavy atom. The number of rotatable bonds is 4. The molecule has 1 aromatic carbocycles. The highest BCUT2D eigenvalue weighted by atomic mass is 19.2. The molecule has 0 atom stereocenters. The van der Waals surface area contributed by atoms with Crippen LogP contribution in [0.2, 0.25) is 0 Å². The molecular formula is C21H34F2.